The third-order valence-corrected chi connectivity index (χ3v) is 5.72. The molecule has 1 aliphatic rings. The maximum absolute atomic E-state index is 13.3. The van der Waals surface area contributed by atoms with Gasteiger partial charge in [0.05, 0.1) is 0 Å². The van der Waals surface area contributed by atoms with Crippen molar-refractivity contribution in [3.63, 3.8) is 0 Å². The molecule has 1 saturated heterocycles. The first kappa shape index (κ1) is 18.6. The molecule has 146 valence electrons. The number of hydrogen-bond donors (Lipinski definition) is 1. The molecule has 2 aromatic carbocycles. The fourth-order valence-corrected chi connectivity index (χ4v) is 3.87. The van der Waals surface area contributed by atoms with Crippen molar-refractivity contribution in [2.75, 3.05) is 19.6 Å². The van der Waals surface area contributed by atoms with E-state index in [1.165, 1.54) is 0 Å². The molecule has 1 aliphatic heterocycles. The molecule has 5 heteroatoms. The Balaban J connectivity index is 1.63. The Morgan fingerprint density at radius 2 is 1.93 bits per heavy atom. The molecule has 0 aliphatic carbocycles. The highest BCUT2D eigenvalue weighted by molar-refractivity contribution is 5.99. The lowest BCUT2D eigenvalue weighted by Gasteiger charge is -2.36. The first-order valence-corrected chi connectivity index (χ1v) is 9.85. The maximum Gasteiger partial charge on any atom is 0.290 e. The second kappa shape index (κ2) is 8.07. The predicted molar refractivity (Wildman–Crippen MR) is 109 cm³/mol. The van der Waals surface area contributed by atoms with Gasteiger partial charge in [-0.3, -0.25) is 4.79 Å². The Bertz CT molecular complexity index is 951. The minimum atomic E-state index is -0.0757. The fourth-order valence-electron chi connectivity index (χ4n) is 3.87. The summed E-state index contributed by atoms with van der Waals surface area (Å²) in [5.74, 6) is 1.92. The SMILES string of the molecule is CC1CCN(C(=O)c2oc3ccccc3c2COc2ccccc2)CC1CN. The van der Waals surface area contributed by atoms with Crippen LogP contribution in [0, 0.1) is 11.8 Å². The molecule has 5 nitrogen and oxygen atoms in total. The highest BCUT2D eigenvalue weighted by Gasteiger charge is 2.32. The number of amides is 1. The maximum atomic E-state index is 13.3. The second-order valence-electron chi connectivity index (χ2n) is 7.52. The second-order valence-corrected chi connectivity index (χ2v) is 7.52. The summed E-state index contributed by atoms with van der Waals surface area (Å²) >= 11 is 0. The summed E-state index contributed by atoms with van der Waals surface area (Å²) < 4.78 is 11.9. The summed E-state index contributed by atoms with van der Waals surface area (Å²) in [6.45, 7) is 4.49. The first-order valence-electron chi connectivity index (χ1n) is 9.85. The number of likely N-dealkylation sites (tertiary alicyclic amines) is 1. The lowest BCUT2D eigenvalue weighted by molar-refractivity contribution is 0.0586. The normalized spacial score (nSPS) is 19.7. The first-order chi connectivity index (χ1) is 13.7. The number of piperidine rings is 1. The Morgan fingerprint density at radius 3 is 2.71 bits per heavy atom. The van der Waals surface area contributed by atoms with E-state index in [0.29, 0.717) is 36.3 Å². The molecule has 4 rings (SSSR count). The van der Waals surface area contributed by atoms with Crippen molar-refractivity contribution < 1.29 is 13.9 Å². The van der Waals surface area contributed by atoms with Gasteiger partial charge in [-0.25, -0.2) is 0 Å². The van der Waals surface area contributed by atoms with E-state index < -0.39 is 0 Å². The van der Waals surface area contributed by atoms with Crippen LogP contribution in [0.2, 0.25) is 0 Å². The lowest BCUT2D eigenvalue weighted by atomic mass is 9.87. The molecule has 2 heterocycles. The van der Waals surface area contributed by atoms with Gasteiger partial charge in [-0.15, -0.1) is 0 Å². The van der Waals surface area contributed by atoms with Crippen LogP contribution >= 0.6 is 0 Å². The van der Waals surface area contributed by atoms with Gasteiger partial charge in [-0.2, -0.15) is 0 Å². The van der Waals surface area contributed by atoms with Crippen LogP contribution in [0.25, 0.3) is 11.0 Å². The van der Waals surface area contributed by atoms with Gasteiger partial charge in [0.15, 0.2) is 5.76 Å². The van der Waals surface area contributed by atoms with Crippen molar-refractivity contribution in [2.24, 2.45) is 17.6 Å². The molecule has 1 fully saturated rings. The van der Waals surface area contributed by atoms with E-state index in [4.69, 9.17) is 14.9 Å². The zero-order valence-electron chi connectivity index (χ0n) is 16.1. The highest BCUT2D eigenvalue weighted by Crippen LogP contribution is 2.30. The number of rotatable bonds is 5. The molecule has 3 aromatic rings. The van der Waals surface area contributed by atoms with Crippen LogP contribution in [0.15, 0.2) is 59.0 Å². The number of furan rings is 1. The third-order valence-electron chi connectivity index (χ3n) is 5.72. The molecule has 2 atom stereocenters. The van der Waals surface area contributed by atoms with Gasteiger partial charge >= 0.3 is 0 Å². The van der Waals surface area contributed by atoms with E-state index in [0.717, 1.165) is 29.7 Å². The van der Waals surface area contributed by atoms with E-state index in [2.05, 4.69) is 6.92 Å². The number of nitrogens with zero attached hydrogens (tertiary/aromatic N) is 1. The van der Waals surface area contributed by atoms with Crippen molar-refractivity contribution in [1.29, 1.82) is 0 Å². The summed E-state index contributed by atoms with van der Waals surface area (Å²) in [6.07, 6.45) is 0.962. The molecule has 2 N–H and O–H groups in total. The Kier molecular flexibility index (Phi) is 5.35. The van der Waals surface area contributed by atoms with Crippen molar-refractivity contribution in [3.8, 4) is 5.75 Å². The van der Waals surface area contributed by atoms with Crippen LogP contribution in [-0.2, 0) is 6.61 Å². The Labute approximate surface area is 165 Å². The zero-order chi connectivity index (χ0) is 19.5. The molecule has 0 bridgehead atoms. The summed E-state index contributed by atoms with van der Waals surface area (Å²) in [5, 5.41) is 0.919. The Hall–Kier alpha value is -2.79. The number of ether oxygens (including phenoxy) is 1. The standard InChI is InChI=1S/C23H26N2O3/c1-16-11-12-25(14-17(16)13-24)23(26)22-20(15-27-18-7-3-2-4-8-18)19-9-5-6-10-21(19)28-22/h2-10,16-17H,11-15,24H2,1H3. The van der Waals surface area contributed by atoms with Crippen LogP contribution in [0.5, 0.6) is 5.75 Å². The molecule has 0 radical (unpaired) electrons. The predicted octanol–water partition coefficient (Wildman–Crippen LogP) is 4.07. The summed E-state index contributed by atoms with van der Waals surface area (Å²) in [6, 6.07) is 17.3. The van der Waals surface area contributed by atoms with Crippen LogP contribution in [0.3, 0.4) is 0 Å². The molecule has 28 heavy (non-hydrogen) atoms. The summed E-state index contributed by atoms with van der Waals surface area (Å²) in [5.41, 5.74) is 7.42. The van der Waals surface area contributed by atoms with E-state index in [-0.39, 0.29) is 12.5 Å². The zero-order valence-corrected chi connectivity index (χ0v) is 16.1. The van der Waals surface area contributed by atoms with Gasteiger partial charge in [-0.1, -0.05) is 43.3 Å². The van der Waals surface area contributed by atoms with E-state index in [9.17, 15) is 4.79 Å². The number of carbonyl (C=O) groups excluding carboxylic acids is 1. The molecular weight excluding hydrogens is 352 g/mol. The molecule has 0 spiro atoms. The van der Waals surface area contributed by atoms with Crippen LogP contribution < -0.4 is 10.5 Å². The Morgan fingerprint density at radius 1 is 1.18 bits per heavy atom. The smallest absolute Gasteiger partial charge is 0.290 e. The number of hydrogen-bond acceptors (Lipinski definition) is 4. The average molecular weight is 378 g/mol. The van der Waals surface area contributed by atoms with Gasteiger partial charge in [0.2, 0.25) is 0 Å². The van der Waals surface area contributed by atoms with Crippen LogP contribution in [0.1, 0.15) is 29.5 Å². The van der Waals surface area contributed by atoms with Gasteiger partial charge < -0.3 is 19.8 Å². The van der Waals surface area contributed by atoms with Crippen molar-refractivity contribution >= 4 is 16.9 Å². The molecule has 2 unspecified atom stereocenters. The third kappa shape index (κ3) is 3.62. The van der Waals surface area contributed by atoms with E-state index in [1.54, 1.807) is 0 Å². The van der Waals surface area contributed by atoms with Gasteiger partial charge in [0.25, 0.3) is 5.91 Å². The van der Waals surface area contributed by atoms with Gasteiger partial charge in [0.1, 0.15) is 17.9 Å². The van der Waals surface area contributed by atoms with Crippen molar-refractivity contribution in [2.45, 2.75) is 20.0 Å². The van der Waals surface area contributed by atoms with Crippen LogP contribution in [0.4, 0.5) is 0 Å². The number of fused-ring (bicyclic) bond motifs is 1. The topological polar surface area (TPSA) is 68.7 Å². The molecule has 0 saturated carbocycles. The quantitative estimate of drug-likeness (QED) is 0.727. The monoisotopic (exact) mass is 378 g/mol. The summed E-state index contributed by atoms with van der Waals surface area (Å²) in [7, 11) is 0. The van der Waals surface area contributed by atoms with E-state index >= 15 is 0 Å². The number of carbonyl (C=O) groups is 1. The van der Waals surface area contributed by atoms with Crippen LogP contribution in [-0.4, -0.2) is 30.4 Å². The highest BCUT2D eigenvalue weighted by atomic mass is 16.5. The largest absolute Gasteiger partial charge is 0.489 e. The van der Waals surface area contributed by atoms with Crippen molar-refractivity contribution in [3.05, 3.63) is 65.9 Å². The minimum absolute atomic E-state index is 0.0757. The van der Waals surface area contributed by atoms with E-state index in [1.807, 2.05) is 59.5 Å². The van der Waals surface area contributed by atoms with Crippen molar-refractivity contribution in [1.82, 2.24) is 4.90 Å². The average Bonchev–Trinajstić information content (AvgIpc) is 3.11. The lowest BCUT2D eigenvalue weighted by Crippen LogP contribution is -2.45. The van der Waals surface area contributed by atoms with Gasteiger partial charge in [-0.05, 0) is 43.0 Å². The summed E-state index contributed by atoms with van der Waals surface area (Å²) in [4.78, 5) is 15.2. The number of benzene rings is 2. The minimum Gasteiger partial charge on any atom is -0.489 e. The number of nitrogens with two attached hydrogens (primary N) is 1. The molecular formula is C23H26N2O3. The molecule has 1 amide bonds. The molecule has 1 aromatic heterocycles. The van der Waals surface area contributed by atoms with Gasteiger partial charge in [0, 0.05) is 24.0 Å². The fraction of sp³-hybridized carbons (Fsp3) is 0.348. The number of para-hydroxylation sites is 2.